The molecule has 0 radical (unpaired) electrons. The Kier molecular flexibility index (Phi) is 4.41. The van der Waals surface area contributed by atoms with E-state index >= 15 is 0 Å². The zero-order valence-electron chi connectivity index (χ0n) is 11.9. The van der Waals surface area contributed by atoms with E-state index < -0.39 is 0 Å². The molecule has 3 rings (SSSR count). The summed E-state index contributed by atoms with van der Waals surface area (Å²) >= 11 is 3.44. The van der Waals surface area contributed by atoms with Crippen molar-refractivity contribution in [1.29, 1.82) is 0 Å². The van der Waals surface area contributed by atoms with Crippen LogP contribution >= 0.6 is 15.9 Å². The lowest BCUT2D eigenvalue weighted by Crippen LogP contribution is -2.33. The number of fused-ring (bicyclic) bond motifs is 1. The van der Waals surface area contributed by atoms with Gasteiger partial charge in [0.15, 0.2) is 0 Å². The summed E-state index contributed by atoms with van der Waals surface area (Å²) in [6, 6.07) is 13.5. The first-order valence-corrected chi connectivity index (χ1v) is 8.22. The van der Waals surface area contributed by atoms with E-state index in [0.29, 0.717) is 5.92 Å². The molecule has 0 amide bonds. The van der Waals surface area contributed by atoms with Gasteiger partial charge in [-0.3, -0.25) is 0 Å². The first kappa shape index (κ1) is 14.7. The van der Waals surface area contributed by atoms with E-state index in [0.717, 1.165) is 29.3 Å². The lowest BCUT2D eigenvalue weighted by molar-refractivity contribution is 0.459. The summed E-state index contributed by atoms with van der Waals surface area (Å²) in [5, 5.41) is 0. The van der Waals surface area contributed by atoms with Crippen LogP contribution in [0.1, 0.15) is 35.4 Å². The molecule has 0 aliphatic heterocycles. The monoisotopic (exact) mass is 347 g/mol. The average molecular weight is 348 g/mol. The number of aryl methyl sites for hydroxylation is 1. The smallest absolute Gasteiger partial charge is 0.124 e. The fourth-order valence-electron chi connectivity index (χ4n) is 3.32. The van der Waals surface area contributed by atoms with Crippen LogP contribution in [0.5, 0.6) is 0 Å². The summed E-state index contributed by atoms with van der Waals surface area (Å²) < 4.78 is 14.0. The summed E-state index contributed by atoms with van der Waals surface area (Å²) in [5.41, 5.74) is 10.4. The van der Waals surface area contributed by atoms with Crippen molar-refractivity contribution >= 4 is 15.9 Å². The number of nitrogens with two attached hydrogens (primary N) is 1. The minimum Gasteiger partial charge on any atom is -0.327 e. The van der Waals surface area contributed by atoms with Crippen molar-refractivity contribution < 1.29 is 4.39 Å². The van der Waals surface area contributed by atoms with E-state index in [1.165, 1.54) is 29.7 Å². The Hall–Kier alpha value is -1.19. The Bertz CT molecular complexity index is 641. The molecule has 0 fully saturated rings. The predicted octanol–water partition coefficient (Wildman–Crippen LogP) is 4.58. The minimum absolute atomic E-state index is 0.0632. The lowest BCUT2D eigenvalue weighted by atomic mass is 9.77. The quantitative estimate of drug-likeness (QED) is 0.863. The number of benzene rings is 2. The zero-order valence-corrected chi connectivity index (χ0v) is 13.4. The van der Waals surface area contributed by atoms with Gasteiger partial charge < -0.3 is 5.73 Å². The van der Waals surface area contributed by atoms with Gasteiger partial charge in [0, 0.05) is 10.5 Å². The van der Waals surface area contributed by atoms with Gasteiger partial charge in [-0.2, -0.15) is 0 Å². The SMILES string of the molecule is NC(Cc1ccc(F)cc1Br)C1CCCc2ccccc21. The highest BCUT2D eigenvalue weighted by Gasteiger charge is 2.25. The van der Waals surface area contributed by atoms with Crippen LogP contribution in [-0.4, -0.2) is 6.04 Å². The standard InChI is InChI=1S/C18H19BrFN/c19-17-11-14(20)9-8-13(17)10-18(21)16-7-3-5-12-4-1-2-6-15(12)16/h1-2,4,6,8-9,11,16,18H,3,5,7,10,21H2. The van der Waals surface area contributed by atoms with Gasteiger partial charge in [0.2, 0.25) is 0 Å². The van der Waals surface area contributed by atoms with Crippen molar-refractivity contribution in [3.8, 4) is 0 Å². The maximum Gasteiger partial charge on any atom is 0.124 e. The summed E-state index contributed by atoms with van der Waals surface area (Å²) in [6.07, 6.45) is 4.25. The van der Waals surface area contributed by atoms with Crippen LogP contribution in [0.2, 0.25) is 0 Å². The van der Waals surface area contributed by atoms with Crippen LogP contribution in [0, 0.1) is 5.82 Å². The molecule has 1 nitrogen and oxygen atoms in total. The topological polar surface area (TPSA) is 26.0 Å². The first-order chi connectivity index (χ1) is 10.1. The number of halogens is 2. The van der Waals surface area contributed by atoms with Crippen LogP contribution in [0.15, 0.2) is 46.9 Å². The summed E-state index contributed by atoms with van der Waals surface area (Å²) in [4.78, 5) is 0. The molecule has 0 saturated heterocycles. The van der Waals surface area contributed by atoms with E-state index in [2.05, 4.69) is 40.2 Å². The second kappa shape index (κ2) is 6.29. The van der Waals surface area contributed by atoms with Crippen molar-refractivity contribution in [2.75, 3.05) is 0 Å². The zero-order chi connectivity index (χ0) is 14.8. The molecule has 110 valence electrons. The van der Waals surface area contributed by atoms with Gasteiger partial charge in [-0.25, -0.2) is 4.39 Å². The molecule has 3 heteroatoms. The maximum absolute atomic E-state index is 13.2. The van der Waals surface area contributed by atoms with Gasteiger partial charge in [0.05, 0.1) is 0 Å². The number of hydrogen-bond donors (Lipinski definition) is 1. The van der Waals surface area contributed by atoms with Crippen molar-refractivity contribution in [3.05, 3.63) is 69.4 Å². The van der Waals surface area contributed by atoms with Crippen LogP contribution < -0.4 is 5.73 Å². The minimum atomic E-state index is -0.220. The molecule has 0 saturated carbocycles. The molecular formula is C18H19BrFN. The van der Waals surface area contributed by atoms with Crippen molar-refractivity contribution in [2.24, 2.45) is 5.73 Å². The Labute approximate surface area is 133 Å². The molecule has 2 N–H and O–H groups in total. The van der Waals surface area contributed by atoms with Crippen LogP contribution in [0.3, 0.4) is 0 Å². The van der Waals surface area contributed by atoms with Gasteiger partial charge in [-0.1, -0.05) is 46.3 Å². The van der Waals surface area contributed by atoms with E-state index in [4.69, 9.17) is 5.73 Å². The van der Waals surface area contributed by atoms with Gasteiger partial charge in [0.25, 0.3) is 0 Å². The van der Waals surface area contributed by atoms with Crippen LogP contribution in [-0.2, 0) is 12.8 Å². The lowest BCUT2D eigenvalue weighted by Gasteiger charge is -2.30. The fraction of sp³-hybridized carbons (Fsp3) is 0.333. The van der Waals surface area contributed by atoms with Crippen molar-refractivity contribution in [3.63, 3.8) is 0 Å². The molecule has 0 spiro atoms. The van der Waals surface area contributed by atoms with Crippen LogP contribution in [0.25, 0.3) is 0 Å². The van der Waals surface area contributed by atoms with E-state index in [-0.39, 0.29) is 11.9 Å². The molecular weight excluding hydrogens is 329 g/mol. The second-order valence-corrected chi connectivity index (χ2v) is 6.66. The largest absolute Gasteiger partial charge is 0.327 e. The highest BCUT2D eigenvalue weighted by Crippen LogP contribution is 2.34. The summed E-state index contributed by atoms with van der Waals surface area (Å²) in [7, 11) is 0. The Morgan fingerprint density at radius 3 is 2.86 bits per heavy atom. The van der Waals surface area contributed by atoms with Crippen LogP contribution in [0.4, 0.5) is 4.39 Å². The van der Waals surface area contributed by atoms with Gasteiger partial charge in [-0.15, -0.1) is 0 Å². The van der Waals surface area contributed by atoms with E-state index in [1.807, 2.05) is 6.07 Å². The third kappa shape index (κ3) is 3.19. The maximum atomic E-state index is 13.2. The first-order valence-electron chi connectivity index (χ1n) is 7.42. The van der Waals surface area contributed by atoms with Crippen molar-refractivity contribution in [2.45, 2.75) is 37.6 Å². The molecule has 0 aromatic heterocycles. The van der Waals surface area contributed by atoms with Crippen molar-refractivity contribution in [1.82, 2.24) is 0 Å². The second-order valence-electron chi connectivity index (χ2n) is 5.80. The van der Waals surface area contributed by atoms with E-state index in [9.17, 15) is 4.39 Å². The predicted molar refractivity (Wildman–Crippen MR) is 87.9 cm³/mol. The third-order valence-electron chi connectivity index (χ3n) is 4.40. The normalized spacial score (nSPS) is 19.1. The highest BCUT2D eigenvalue weighted by atomic mass is 79.9. The Morgan fingerprint density at radius 1 is 1.24 bits per heavy atom. The summed E-state index contributed by atoms with van der Waals surface area (Å²) in [5.74, 6) is 0.175. The molecule has 21 heavy (non-hydrogen) atoms. The van der Waals surface area contributed by atoms with Gasteiger partial charge >= 0.3 is 0 Å². The van der Waals surface area contributed by atoms with E-state index in [1.54, 1.807) is 0 Å². The van der Waals surface area contributed by atoms with Gasteiger partial charge in [-0.05, 0) is 60.4 Å². The molecule has 0 heterocycles. The summed E-state index contributed by atoms with van der Waals surface area (Å²) in [6.45, 7) is 0. The molecule has 2 aromatic rings. The highest BCUT2D eigenvalue weighted by molar-refractivity contribution is 9.10. The Balaban J connectivity index is 1.81. The Morgan fingerprint density at radius 2 is 2.05 bits per heavy atom. The molecule has 2 unspecified atom stereocenters. The molecule has 1 aliphatic rings. The fourth-order valence-corrected chi connectivity index (χ4v) is 3.83. The van der Waals surface area contributed by atoms with Gasteiger partial charge in [0.1, 0.15) is 5.82 Å². The average Bonchev–Trinajstić information content (AvgIpc) is 2.49. The molecule has 2 atom stereocenters. The number of hydrogen-bond acceptors (Lipinski definition) is 1. The third-order valence-corrected chi connectivity index (χ3v) is 5.14. The number of rotatable bonds is 3. The molecule has 2 aromatic carbocycles. The molecule has 0 bridgehead atoms. The molecule has 1 aliphatic carbocycles.